The smallest absolute Gasteiger partial charge is 0.114 e. The van der Waals surface area contributed by atoms with Crippen molar-refractivity contribution in [2.24, 2.45) is 0 Å². The molecule has 0 radical (unpaired) electrons. The van der Waals surface area contributed by atoms with E-state index in [0.717, 1.165) is 19.6 Å². The number of halogens is 1. The summed E-state index contributed by atoms with van der Waals surface area (Å²) in [4.78, 5) is 4.71. The minimum absolute atomic E-state index is 0.565. The largest absolute Gasteiger partial charge is 0.290 e. The van der Waals surface area contributed by atoms with Crippen LogP contribution in [0.3, 0.4) is 0 Å². The predicted octanol–water partition coefficient (Wildman–Crippen LogP) is 1.47. The van der Waals surface area contributed by atoms with Crippen LogP contribution in [0.5, 0.6) is 0 Å². The van der Waals surface area contributed by atoms with Gasteiger partial charge in [-0.3, -0.25) is 9.80 Å². The molecule has 2 heterocycles. The van der Waals surface area contributed by atoms with Gasteiger partial charge in [-0.05, 0) is 32.4 Å². The number of hydrogen-bond acceptors (Lipinski definition) is 2. The fourth-order valence-electron chi connectivity index (χ4n) is 2.30. The summed E-state index contributed by atoms with van der Waals surface area (Å²) >= 11 is 0. The van der Waals surface area contributed by atoms with Crippen molar-refractivity contribution in [1.29, 1.82) is 0 Å². The van der Waals surface area contributed by atoms with Crippen LogP contribution < -0.4 is 0 Å². The summed E-state index contributed by atoms with van der Waals surface area (Å²) in [6.07, 6.45) is 4.21. The van der Waals surface area contributed by atoms with Gasteiger partial charge in [0.25, 0.3) is 0 Å². The second-order valence-corrected chi connectivity index (χ2v) is 4.28. The van der Waals surface area contributed by atoms with Gasteiger partial charge in [-0.15, -0.1) is 0 Å². The van der Waals surface area contributed by atoms with Crippen LogP contribution in [-0.2, 0) is 0 Å². The molecule has 0 aromatic rings. The molecule has 0 unspecified atom stereocenters. The van der Waals surface area contributed by atoms with Crippen LogP contribution in [0.15, 0.2) is 0 Å². The van der Waals surface area contributed by atoms with E-state index in [1.807, 2.05) is 0 Å². The molecule has 2 nitrogen and oxygen atoms in total. The van der Waals surface area contributed by atoms with E-state index in [-0.39, 0.29) is 0 Å². The highest BCUT2D eigenvalue weighted by Gasteiger charge is 2.23. The van der Waals surface area contributed by atoms with Crippen LogP contribution in [0, 0.1) is 0 Å². The Morgan fingerprint density at radius 3 is 2.38 bits per heavy atom. The summed E-state index contributed by atoms with van der Waals surface area (Å²) < 4.78 is 12.9. The normalized spacial score (nSPS) is 32.5. The van der Waals surface area contributed by atoms with Crippen LogP contribution in [0.25, 0.3) is 0 Å². The first-order valence-electron chi connectivity index (χ1n) is 5.43. The molecule has 0 aliphatic carbocycles. The van der Waals surface area contributed by atoms with Crippen LogP contribution in [-0.4, -0.2) is 48.8 Å². The SMILES string of the molecule is F[C@H]1CCN(CN2CCCCC2)C1. The highest BCUT2D eigenvalue weighted by molar-refractivity contribution is 4.75. The molecule has 1 atom stereocenters. The lowest BCUT2D eigenvalue weighted by atomic mass is 10.1. The molecular formula is C10H19FN2. The second kappa shape index (κ2) is 4.38. The van der Waals surface area contributed by atoms with E-state index < -0.39 is 6.17 Å². The van der Waals surface area contributed by atoms with Gasteiger partial charge in [-0.25, -0.2) is 4.39 Å². The van der Waals surface area contributed by atoms with E-state index in [1.54, 1.807) is 0 Å². The average molecular weight is 186 g/mol. The fraction of sp³-hybridized carbons (Fsp3) is 1.00. The Morgan fingerprint density at radius 2 is 1.77 bits per heavy atom. The summed E-state index contributed by atoms with van der Waals surface area (Å²) in [7, 11) is 0. The highest BCUT2D eigenvalue weighted by Crippen LogP contribution is 2.15. The third-order valence-corrected chi connectivity index (χ3v) is 3.06. The lowest BCUT2D eigenvalue weighted by Gasteiger charge is -2.30. The third-order valence-electron chi connectivity index (χ3n) is 3.06. The number of likely N-dealkylation sites (tertiary alicyclic amines) is 2. The quantitative estimate of drug-likeness (QED) is 0.644. The average Bonchev–Trinajstić information content (AvgIpc) is 2.53. The van der Waals surface area contributed by atoms with E-state index in [0.29, 0.717) is 6.54 Å². The van der Waals surface area contributed by atoms with Crippen LogP contribution in [0.2, 0.25) is 0 Å². The molecule has 0 N–H and O–H groups in total. The Kier molecular flexibility index (Phi) is 3.17. The first kappa shape index (κ1) is 9.41. The molecule has 0 aromatic carbocycles. The van der Waals surface area contributed by atoms with Crippen molar-refractivity contribution in [1.82, 2.24) is 9.80 Å². The zero-order valence-electron chi connectivity index (χ0n) is 8.21. The number of rotatable bonds is 2. The Hall–Kier alpha value is -0.150. The van der Waals surface area contributed by atoms with E-state index in [2.05, 4.69) is 9.80 Å². The summed E-state index contributed by atoms with van der Waals surface area (Å²) in [5.41, 5.74) is 0. The molecule has 0 bridgehead atoms. The molecule has 2 rings (SSSR count). The zero-order chi connectivity index (χ0) is 9.10. The second-order valence-electron chi connectivity index (χ2n) is 4.28. The Labute approximate surface area is 79.7 Å². The van der Waals surface area contributed by atoms with Gasteiger partial charge in [-0.2, -0.15) is 0 Å². The molecular weight excluding hydrogens is 167 g/mol. The monoisotopic (exact) mass is 186 g/mol. The van der Waals surface area contributed by atoms with Crippen LogP contribution >= 0.6 is 0 Å². The molecule has 0 saturated carbocycles. The highest BCUT2D eigenvalue weighted by atomic mass is 19.1. The van der Waals surface area contributed by atoms with Gasteiger partial charge < -0.3 is 0 Å². The van der Waals surface area contributed by atoms with Crippen molar-refractivity contribution in [3.8, 4) is 0 Å². The van der Waals surface area contributed by atoms with Crippen molar-refractivity contribution < 1.29 is 4.39 Å². The van der Waals surface area contributed by atoms with Gasteiger partial charge in [0.2, 0.25) is 0 Å². The van der Waals surface area contributed by atoms with Gasteiger partial charge in [0.05, 0.1) is 6.67 Å². The summed E-state index contributed by atoms with van der Waals surface area (Å²) in [5.74, 6) is 0. The predicted molar refractivity (Wildman–Crippen MR) is 51.4 cm³/mol. The molecule has 0 amide bonds. The van der Waals surface area contributed by atoms with Gasteiger partial charge >= 0.3 is 0 Å². The first-order chi connectivity index (χ1) is 6.34. The molecule has 2 aliphatic heterocycles. The summed E-state index contributed by atoms with van der Waals surface area (Å²) in [6, 6.07) is 0. The zero-order valence-corrected chi connectivity index (χ0v) is 8.21. The van der Waals surface area contributed by atoms with Gasteiger partial charge in [0.15, 0.2) is 0 Å². The molecule has 76 valence electrons. The first-order valence-corrected chi connectivity index (χ1v) is 5.43. The van der Waals surface area contributed by atoms with Crippen LogP contribution in [0.1, 0.15) is 25.7 Å². The fourth-order valence-corrected chi connectivity index (χ4v) is 2.30. The lowest BCUT2D eigenvalue weighted by molar-refractivity contribution is 0.126. The Morgan fingerprint density at radius 1 is 1.00 bits per heavy atom. The third kappa shape index (κ3) is 2.64. The maximum atomic E-state index is 12.9. The van der Waals surface area contributed by atoms with Crippen LogP contribution in [0.4, 0.5) is 4.39 Å². The molecule has 2 fully saturated rings. The van der Waals surface area contributed by atoms with E-state index >= 15 is 0 Å². The minimum atomic E-state index is -0.565. The minimum Gasteiger partial charge on any atom is -0.290 e. The number of alkyl halides is 1. The molecule has 3 heteroatoms. The van der Waals surface area contributed by atoms with Gasteiger partial charge in [-0.1, -0.05) is 6.42 Å². The van der Waals surface area contributed by atoms with Crippen molar-refractivity contribution in [3.63, 3.8) is 0 Å². The summed E-state index contributed by atoms with van der Waals surface area (Å²) in [5, 5.41) is 0. The lowest BCUT2D eigenvalue weighted by Crippen LogP contribution is -2.39. The van der Waals surface area contributed by atoms with Gasteiger partial charge in [0, 0.05) is 13.1 Å². The van der Waals surface area contributed by atoms with E-state index in [4.69, 9.17) is 0 Å². The number of nitrogens with zero attached hydrogens (tertiary/aromatic N) is 2. The summed E-state index contributed by atoms with van der Waals surface area (Å²) in [6.45, 7) is 5.05. The number of piperidine rings is 1. The Bertz CT molecular complexity index is 154. The van der Waals surface area contributed by atoms with E-state index in [1.165, 1.54) is 32.4 Å². The molecule has 0 spiro atoms. The molecule has 0 aromatic heterocycles. The number of hydrogen-bond donors (Lipinski definition) is 0. The molecule has 2 saturated heterocycles. The van der Waals surface area contributed by atoms with Crippen molar-refractivity contribution in [2.75, 3.05) is 32.8 Å². The van der Waals surface area contributed by atoms with Crippen molar-refractivity contribution in [3.05, 3.63) is 0 Å². The topological polar surface area (TPSA) is 6.48 Å². The standard InChI is InChI=1S/C10H19FN2/c11-10-4-7-13(8-10)9-12-5-2-1-3-6-12/h10H,1-9H2/t10-/m0/s1. The molecule has 13 heavy (non-hydrogen) atoms. The van der Waals surface area contributed by atoms with Crippen molar-refractivity contribution >= 4 is 0 Å². The van der Waals surface area contributed by atoms with E-state index in [9.17, 15) is 4.39 Å². The van der Waals surface area contributed by atoms with Gasteiger partial charge in [0.1, 0.15) is 6.17 Å². The van der Waals surface area contributed by atoms with Crippen molar-refractivity contribution in [2.45, 2.75) is 31.9 Å². The Balaban J connectivity index is 1.71. The maximum absolute atomic E-state index is 12.9. The molecule has 2 aliphatic rings. The maximum Gasteiger partial charge on any atom is 0.114 e.